The van der Waals surface area contributed by atoms with Gasteiger partial charge in [0.2, 0.25) is 5.91 Å². The molecule has 188 valence electrons. The van der Waals surface area contributed by atoms with Crippen molar-refractivity contribution >= 4 is 17.5 Å². The van der Waals surface area contributed by atoms with Gasteiger partial charge >= 0.3 is 6.36 Å². The molecule has 1 saturated carbocycles. The van der Waals surface area contributed by atoms with E-state index in [2.05, 4.69) is 15.0 Å². The Morgan fingerprint density at radius 2 is 1.67 bits per heavy atom. The van der Waals surface area contributed by atoms with Gasteiger partial charge in [-0.15, -0.1) is 13.2 Å². The zero-order valence-corrected chi connectivity index (χ0v) is 19.2. The van der Waals surface area contributed by atoms with Crippen LogP contribution >= 0.6 is 0 Å². The second kappa shape index (κ2) is 10.3. The lowest BCUT2D eigenvalue weighted by atomic mass is 9.99. The summed E-state index contributed by atoms with van der Waals surface area (Å²) >= 11 is 0. The predicted octanol–water partition coefficient (Wildman–Crippen LogP) is 5.92. The van der Waals surface area contributed by atoms with E-state index in [9.17, 15) is 27.2 Å². The van der Waals surface area contributed by atoms with Gasteiger partial charge in [-0.25, -0.2) is 9.37 Å². The van der Waals surface area contributed by atoms with Crippen molar-refractivity contribution in [2.45, 2.75) is 39.0 Å². The predicted molar refractivity (Wildman–Crippen MR) is 122 cm³/mol. The Bertz CT molecular complexity index is 1290. The van der Waals surface area contributed by atoms with Crippen molar-refractivity contribution in [1.29, 1.82) is 0 Å². The number of nitrogens with one attached hydrogen (secondary N) is 1. The summed E-state index contributed by atoms with van der Waals surface area (Å²) in [6, 6.07) is 10.9. The van der Waals surface area contributed by atoms with Crippen LogP contribution in [0.25, 0.3) is 0 Å². The van der Waals surface area contributed by atoms with Crippen LogP contribution in [0.1, 0.15) is 29.5 Å². The van der Waals surface area contributed by atoms with E-state index in [-0.39, 0.29) is 36.0 Å². The van der Waals surface area contributed by atoms with Gasteiger partial charge in [0.1, 0.15) is 34.7 Å². The fourth-order valence-corrected chi connectivity index (χ4v) is 3.55. The molecule has 0 saturated heterocycles. The average molecular weight is 502 g/mol. The van der Waals surface area contributed by atoms with E-state index < -0.39 is 17.9 Å². The van der Waals surface area contributed by atoms with Gasteiger partial charge in [-0.05, 0) is 72.9 Å². The Labute approximate surface area is 204 Å². The first-order valence-corrected chi connectivity index (χ1v) is 11.2. The zero-order valence-electron chi connectivity index (χ0n) is 19.2. The number of aryl methyl sites for hydroxylation is 1. The van der Waals surface area contributed by atoms with Crippen molar-refractivity contribution in [2.24, 2.45) is 5.92 Å². The van der Waals surface area contributed by atoms with Crippen molar-refractivity contribution in [2.75, 3.05) is 5.32 Å². The summed E-state index contributed by atoms with van der Waals surface area (Å²) < 4.78 is 61.0. The second-order valence-electron chi connectivity index (χ2n) is 8.52. The first-order valence-electron chi connectivity index (χ1n) is 11.2. The molecule has 1 aliphatic rings. The molecule has 2 aromatic carbocycles. The molecule has 1 fully saturated rings. The topological polar surface area (TPSA) is 77.5 Å². The number of hydrogen-bond acceptors (Lipinski definition) is 5. The maximum atomic E-state index is 14.0. The lowest BCUT2D eigenvalue weighted by molar-refractivity contribution is -0.274. The van der Waals surface area contributed by atoms with E-state index in [4.69, 9.17) is 4.74 Å². The summed E-state index contributed by atoms with van der Waals surface area (Å²) in [5, 5.41) is 2.75. The molecule has 1 aliphatic carbocycles. The number of amides is 1. The minimum Gasteiger partial charge on any atom is -0.457 e. The van der Waals surface area contributed by atoms with Crippen LogP contribution in [0.5, 0.6) is 17.2 Å². The van der Waals surface area contributed by atoms with Crippen LogP contribution in [0, 0.1) is 18.7 Å². The van der Waals surface area contributed by atoms with Crippen LogP contribution in [-0.4, -0.2) is 23.0 Å². The van der Waals surface area contributed by atoms with E-state index in [1.807, 2.05) is 0 Å². The van der Waals surface area contributed by atoms with Crippen LogP contribution in [0.15, 0.2) is 54.7 Å². The number of anilines is 1. The molecule has 3 aromatic rings. The van der Waals surface area contributed by atoms with Gasteiger partial charge in [-0.1, -0.05) is 6.07 Å². The largest absolute Gasteiger partial charge is 0.573 e. The van der Waals surface area contributed by atoms with E-state index in [0.29, 0.717) is 22.9 Å². The normalized spacial score (nSPS) is 13.2. The van der Waals surface area contributed by atoms with Crippen molar-refractivity contribution in [1.82, 2.24) is 4.98 Å². The average Bonchev–Trinajstić information content (AvgIpc) is 3.63. The summed E-state index contributed by atoms with van der Waals surface area (Å²) in [6.45, 7) is 1.78. The second-order valence-corrected chi connectivity index (χ2v) is 8.52. The number of carbonyl (C=O) groups excluding carboxylic acids is 2. The molecule has 10 heteroatoms. The van der Waals surface area contributed by atoms with Crippen LogP contribution in [-0.2, 0) is 22.4 Å². The number of aromatic nitrogens is 1. The molecule has 0 spiro atoms. The molecule has 0 unspecified atom stereocenters. The van der Waals surface area contributed by atoms with E-state index in [0.717, 1.165) is 36.6 Å². The Balaban J connectivity index is 1.38. The van der Waals surface area contributed by atoms with Crippen LogP contribution in [0.3, 0.4) is 0 Å². The number of rotatable bonds is 9. The first-order chi connectivity index (χ1) is 17.1. The molecule has 1 aromatic heterocycles. The number of carbonyl (C=O) groups is 2. The molecule has 1 heterocycles. The Morgan fingerprint density at radius 1 is 0.972 bits per heavy atom. The summed E-state index contributed by atoms with van der Waals surface area (Å²) in [6.07, 6.45) is -2.06. The van der Waals surface area contributed by atoms with Gasteiger partial charge in [0, 0.05) is 31.0 Å². The van der Waals surface area contributed by atoms with E-state index in [1.165, 1.54) is 6.20 Å². The number of benzene rings is 2. The quantitative estimate of drug-likeness (QED) is 0.368. The fraction of sp³-hybridized carbons (Fsp3) is 0.269. The number of ether oxygens (including phenoxy) is 2. The third kappa shape index (κ3) is 7.03. The summed E-state index contributed by atoms with van der Waals surface area (Å²) in [7, 11) is 0. The molecule has 6 nitrogen and oxygen atoms in total. The molecular weight excluding hydrogens is 480 g/mol. The fourth-order valence-electron chi connectivity index (χ4n) is 3.55. The highest BCUT2D eigenvalue weighted by atomic mass is 19.4. The Hall–Kier alpha value is -3.95. The standard InChI is InChI=1S/C26H22F4N2O4/c1-15-10-20(35-21-8-9-31-24(14-21)32-25(34)16-2-3-16)5-4-17(15)11-19(33)12-18-13-22(6-7-23(18)27)36-26(28,29)30/h4-10,13-14,16H,2-3,11-12H2,1H3,(H,31,32,34). The van der Waals surface area contributed by atoms with Crippen molar-refractivity contribution in [3.8, 4) is 17.2 Å². The monoisotopic (exact) mass is 502 g/mol. The molecule has 0 radical (unpaired) electrons. The Morgan fingerprint density at radius 3 is 2.36 bits per heavy atom. The van der Waals surface area contributed by atoms with Crippen molar-refractivity contribution in [3.63, 3.8) is 0 Å². The van der Waals surface area contributed by atoms with Crippen LogP contribution < -0.4 is 14.8 Å². The van der Waals surface area contributed by atoms with Gasteiger partial charge in [0.25, 0.3) is 0 Å². The van der Waals surface area contributed by atoms with Gasteiger partial charge in [0.05, 0.1) is 0 Å². The summed E-state index contributed by atoms with van der Waals surface area (Å²) in [5.41, 5.74) is 1.23. The molecular formula is C26H22F4N2O4. The highest BCUT2D eigenvalue weighted by molar-refractivity contribution is 5.93. The summed E-state index contributed by atoms with van der Waals surface area (Å²) in [4.78, 5) is 28.6. The molecule has 1 amide bonds. The molecule has 0 atom stereocenters. The number of hydrogen-bond donors (Lipinski definition) is 1. The lowest BCUT2D eigenvalue weighted by Crippen LogP contribution is -2.17. The molecule has 0 aliphatic heterocycles. The third-order valence-electron chi connectivity index (χ3n) is 5.51. The molecule has 0 bridgehead atoms. The van der Waals surface area contributed by atoms with Crippen LogP contribution in [0.4, 0.5) is 23.4 Å². The molecule has 36 heavy (non-hydrogen) atoms. The summed E-state index contributed by atoms with van der Waals surface area (Å²) in [5.74, 6) is -0.417. The smallest absolute Gasteiger partial charge is 0.457 e. The minimum absolute atomic E-state index is 0.0392. The van der Waals surface area contributed by atoms with Crippen molar-refractivity contribution < 1.29 is 36.6 Å². The maximum absolute atomic E-state index is 14.0. The van der Waals surface area contributed by atoms with Gasteiger partial charge in [-0.3, -0.25) is 9.59 Å². The minimum atomic E-state index is -4.91. The van der Waals surface area contributed by atoms with Crippen molar-refractivity contribution in [3.05, 3.63) is 77.2 Å². The van der Waals surface area contributed by atoms with Gasteiger partial charge in [0.15, 0.2) is 0 Å². The lowest BCUT2D eigenvalue weighted by Gasteiger charge is -2.12. The van der Waals surface area contributed by atoms with Crippen LogP contribution in [0.2, 0.25) is 0 Å². The molecule has 1 N–H and O–H groups in total. The zero-order chi connectivity index (χ0) is 25.9. The number of nitrogens with zero attached hydrogens (tertiary/aromatic N) is 1. The maximum Gasteiger partial charge on any atom is 0.573 e. The van der Waals surface area contributed by atoms with Gasteiger partial charge < -0.3 is 14.8 Å². The first kappa shape index (κ1) is 25.2. The highest BCUT2D eigenvalue weighted by Gasteiger charge is 2.31. The number of pyridine rings is 1. The third-order valence-corrected chi connectivity index (χ3v) is 5.51. The van der Waals surface area contributed by atoms with Gasteiger partial charge in [-0.2, -0.15) is 0 Å². The number of Topliss-reactive ketones (excluding diaryl/α,β-unsaturated/α-hetero) is 1. The highest BCUT2D eigenvalue weighted by Crippen LogP contribution is 2.31. The van der Waals surface area contributed by atoms with E-state index in [1.54, 1.807) is 37.3 Å². The van der Waals surface area contributed by atoms with E-state index >= 15 is 0 Å². The number of ketones is 1. The number of alkyl halides is 3. The number of halogens is 4. The SMILES string of the molecule is Cc1cc(Oc2ccnc(NC(=O)C3CC3)c2)ccc1CC(=O)Cc1cc(OC(F)(F)F)ccc1F. The molecule has 4 rings (SSSR count). The Kier molecular flexibility index (Phi) is 7.23.